The predicted octanol–water partition coefficient (Wildman–Crippen LogP) is 8.95. The SMILES string of the molecule is CCC1=C(C(=O)Nc2ccc(CCC3CCCCC3)nc2)c2cc(-c3cncc(CN4CCC4)c3)ccc2C(C)CCC1. The number of fused-ring (bicyclic) bond motifs is 1. The fourth-order valence-corrected chi connectivity index (χ4v) is 7.31. The maximum atomic E-state index is 14.1. The molecule has 6 rings (SSSR count). The lowest BCUT2D eigenvalue weighted by molar-refractivity contribution is -0.111. The van der Waals surface area contributed by atoms with Crippen LogP contribution in [-0.2, 0) is 17.8 Å². The minimum absolute atomic E-state index is 0.0224. The summed E-state index contributed by atoms with van der Waals surface area (Å²) in [7, 11) is 0. The van der Waals surface area contributed by atoms with Gasteiger partial charge in [-0.25, -0.2) is 0 Å². The third-order valence-corrected chi connectivity index (χ3v) is 10.1. The van der Waals surface area contributed by atoms with Crippen LogP contribution in [0.25, 0.3) is 16.7 Å². The van der Waals surface area contributed by atoms with E-state index in [-0.39, 0.29) is 5.91 Å². The normalized spacial score (nSPS) is 19.7. The van der Waals surface area contributed by atoms with Crippen molar-refractivity contribution in [1.29, 1.82) is 0 Å². The quantitative estimate of drug-likeness (QED) is 0.276. The van der Waals surface area contributed by atoms with E-state index in [4.69, 9.17) is 4.98 Å². The molecule has 3 heterocycles. The molecule has 1 saturated carbocycles. The van der Waals surface area contributed by atoms with Crippen LogP contribution >= 0.6 is 0 Å². The van der Waals surface area contributed by atoms with Crippen LogP contribution in [0.4, 0.5) is 5.69 Å². The largest absolute Gasteiger partial charge is 0.321 e. The number of nitrogens with one attached hydrogen (secondary N) is 1. The molecule has 2 aromatic heterocycles. The Morgan fingerprint density at radius 1 is 0.930 bits per heavy atom. The molecule has 0 spiro atoms. The smallest absolute Gasteiger partial charge is 0.256 e. The van der Waals surface area contributed by atoms with E-state index in [1.807, 2.05) is 24.7 Å². The van der Waals surface area contributed by atoms with Gasteiger partial charge in [-0.2, -0.15) is 0 Å². The van der Waals surface area contributed by atoms with Gasteiger partial charge in [0.2, 0.25) is 0 Å². The maximum absolute atomic E-state index is 14.1. The molecule has 1 aliphatic heterocycles. The molecule has 43 heavy (non-hydrogen) atoms. The van der Waals surface area contributed by atoms with E-state index in [1.165, 1.54) is 74.7 Å². The number of anilines is 1. The zero-order valence-electron chi connectivity index (χ0n) is 26.2. The Hall–Kier alpha value is -3.31. The van der Waals surface area contributed by atoms with Gasteiger partial charge in [-0.1, -0.05) is 63.7 Å². The lowest BCUT2D eigenvalue weighted by Gasteiger charge is -2.30. The summed E-state index contributed by atoms with van der Waals surface area (Å²) >= 11 is 0. The highest BCUT2D eigenvalue weighted by molar-refractivity contribution is 6.26. The van der Waals surface area contributed by atoms with Crippen molar-refractivity contribution in [3.63, 3.8) is 0 Å². The molecule has 0 radical (unpaired) electrons. The number of pyridine rings is 2. The molecule has 1 saturated heterocycles. The number of aromatic nitrogens is 2. The van der Waals surface area contributed by atoms with Crippen LogP contribution in [0.3, 0.4) is 0 Å². The van der Waals surface area contributed by atoms with Gasteiger partial charge in [0.05, 0.1) is 11.9 Å². The van der Waals surface area contributed by atoms with Gasteiger partial charge in [0.1, 0.15) is 0 Å². The lowest BCUT2D eigenvalue weighted by Crippen LogP contribution is -2.36. The molecular weight excluding hydrogens is 528 g/mol. The van der Waals surface area contributed by atoms with Gasteiger partial charge in [-0.3, -0.25) is 19.7 Å². The van der Waals surface area contributed by atoms with E-state index >= 15 is 0 Å². The molecule has 1 N–H and O–H groups in total. The van der Waals surface area contributed by atoms with E-state index in [2.05, 4.69) is 59.4 Å². The average molecular weight is 577 g/mol. The highest BCUT2D eigenvalue weighted by Gasteiger charge is 2.25. The summed E-state index contributed by atoms with van der Waals surface area (Å²) in [6.07, 6.45) is 20.3. The number of hydrogen-bond acceptors (Lipinski definition) is 4. The van der Waals surface area contributed by atoms with Gasteiger partial charge in [0.15, 0.2) is 0 Å². The van der Waals surface area contributed by atoms with Gasteiger partial charge in [-0.15, -0.1) is 0 Å². The first-order chi connectivity index (χ1) is 21.1. The topological polar surface area (TPSA) is 58.1 Å². The number of amides is 1. The first kappa shape index (κ1) is 29.7. The summed E-state index contributed by atoms with van der Waals surface area (Å²) < 4.78 is 0. The third kappa shape index (κ3) is 7.26. The van der Waals surface area contributed by atoms with Crippen LogP contribution in [0.15, 0.2) is 60.6 Å². The van der Waals surface area contributed by atoms with Crippen LogP contribution in [0.1, 0.15) is 113 Å². The minimum atomic E-state index is -0.0224. The fourth-order valence-electron chi connectivity index (χ4n) is 7.31. The predicted molar refractivity (Wildman–Crippen MR) is 177 cm³/mol. The first-order valence-corrected chi connectivity index (χ1v) is 16.9. The summed E-state index contributed by atoms with van der Waals surface area (Å²) in [6, 6.07) is 13.1. The van der Waals surface area contributed by atoms with Gasteiger partial charge in [0, 0.05) is 35.8 Å². The monoisotopic (exact) mass is 576 g/mol. The minimum Gasteiger partial charge on any atom is -0.321 e. The highest BCUT2D eigenvalue weighted by Crippen LogP contribution is 2.39. The van der Waals surface area contributed by atoms with Crippen LogP contribution < -0.4 is 5.32 Å². The third-order valence-electron chi connectivity index (χ3n) is 10.1. The zero-order chi connectivity index (χ0) is 29.6. The van der Waals surface area contributed by atoms with Crippen molar-refractivity contribution in [2.45, 2.75) is 103 Å². The maximum Gasteiger partial charge on any atom is 0.256 e. The van der Waals surface area contributed by atoms with Crippen molar-refractivity contribution < 1.29 is 4.79 Å². The Bertz CT molecular complexity index is 1430. The number of aryl methyl sites for hydroxylation is 1. The Labute approximate surface area is 258 Å². The summed E-state index contributed by atoms with van der Waals surface area (Å²) in [5.74, 6) is 1.22. The van der Waals surface area contributed by atoms with Crippen LogP contribution in [-0.4, -0.2) is 33.9 Å². The number of nitrogens with zero attached hydrogens (tertiary/aromatic N) is 3. The van der Waals surface area contributed by atoms with Crippen molar-refractivity contribution in [2.24, 2.45) is 5.92 Å². The molecule has 1 unspecified atom stereocenters. The highest BCUT2D eigenvalue weighted by atomic mass is 16.1. The van der Waals surface area contributed by atoms with Gasteiger partial charge in [0.25, 0.3) is 5.91 Å². The number of carbonyl (C=O) groups excluding carboxylic acids is 1. The standard InChI is InChI=1S/C38H48N4O/c1-3-30-12-7-9-27(2)35-18-14-31(32-21-29(23-39-24-32)26-42-19-8-20-42)22-36(35)37(30)38(43)41-34-17-16-33(40-25-34)15-13-28-10-5-4-6-11-28/h14,16-18,21-25,27-28H,3-13,15,19-20,26H2,1-2H3,(H,41,43). The lowest BCUT2D eigenvalue weighted by atomic mass is 9.80. The molecule has 1 amide bonds. The molecule has 5 heteroatoms. The van der Waals surface area contributed by atoms with Crippen molar-refractivity contribution in [2.75, 3.05) is 18.4 Å². The molecular formula is C38H48N4O. The Morgan fingerprint density at radius 2 is 1.79 bits per heavy atom. The Balaban J connectivity index is 1.25. The number of benzene rings is 1. The van der Waals surface area contributed by atoms with E-state index in [0.29, 0.717) is 5.92 Å². The van der Waals surface area contributed by atoms with Crippen LogP contribution in [0.2, 0.25) is 0 Å². The molecule has 5 nitrogen and oxygen atoms in total. The molecule has 3 aliphatic rings. The number of likely N-dealkylation sites (tertiary alicyclic amines) is 1. The Morgan fingerprint density at radius 3 is 2.53 bits per heavy atom. The van der Waals surface area contributed by atoms with Crippen molar-refractivity contribution in [1.82, 2.24) is 14.9 Å². The van der Waals surface area contributed by atoms with Crippen LogP contribution in [0, 0.1) is 5.92 Å². The van der Waals surface area contributed by atoms with Gasteiger partial charge < -0.3 is 5.32 Å². The summed E-state index contributed by atoms with van der Waals surface area (Å²) in [5, 5.41) is 3.24. The van der Waals surface area contributed by atoms with Crippen molar-refractivity contribution in [3.05, 3.63) is 82.9 Å². The average Bonchev–Trinajstić information content (AvgIpc) is 3.01. The van der Waals surface area contributed by atoms with Gasteiger partial charge in [-0.05, 0) is 116 Å². The summed E-state index contributed by atoms with van der Waals surface area (Å²) in [6.45, 7) is 7.77. The molecule has 226 valence electrons. The van der Waals surface area contributed by atoms with E-state index in [9.17, 15) is 4.79 Å². The molecule has 0 bridgehead atoms. The number of hydrogen-bond donors (Lipinski definition) is 1. The molecule has 1 atom stereocenters. The molecule has 3 aromatic rings. The summed E-state index contributed by atoms with van der Waals surface area (Å²) in [4.78, 5) is 25.9. The molecule has 1 aromatic carbocycles. The number of rotatable bonds is 9. The van der Waals surface area contributed by atoms with E-state index in [1.54, 1.807) is 0 Å². The van der Waals surface area contributed by atoms with E-state index in [0.717, 1.165) is 78.2 Å². The second-order valence-corrected chi connectivity index (χ2v) is 13.2. The van der Waals surface area contributed by atoms with Crippen molar-refractivity contribution in [3.8, 4) is 11.1 Å². The number of allylic oxidation sites excluding steroid dienone is 1. The fraction of sp³-hybridized carbons (Fsp3) is 0.500. The Kier molecular flexibility index (Phi) is 9.67. The first-order valence-electron chi connectivity index (χ1n) is 16.9. The molecule has 2 fully saturated rings. The van der Waals surface area contributed by atoms with Crippen LogP contribution in [0.5, 0.6) is 0 Å². The molecule has 2 aliphatic carbocycles. The summed E-state index contributed by atoms with van der Waals surface area (Å²) in [5.41, 5.74) is 9.79. The second-order valence-electron chi connectivity index (χ2n) is 13.2. The van der Waals surface area contributed by atoms with E-state index < -0.39 is 0 Å². The second kappa shape index (κ2) is 14.0. The van der Waals surface area contributed by atoms with Gasteiger partial charge >= 0.3 is 0 Å². The van der Waals surface area contributed by atoms with Crippen molar-refractivity contribution >= 4 is 17.2 Å². The zero-order valence-corrected chi connectivity index (χ0v) is 26.2. The number of carbonyl (C=O) groups is 1.